The minimum atomic E-state index is -3.21. The molecule has 8 heavy (non-hydrogen) atoms. The first-order valence-corrected chi connectivity index (χ1v) is 3.73. The fraction of sp³-hybridized carbons (Fsp3) is 1.00. The minimum absolute atomic E-state index is 0.0208. The van der Waals surface area contributed by atoms with E-state index >= 15 is 0 Å². The molecular weight excluding hydrogens is 132 g/mol. The second-order valence-corrected chi connectivity index (χ2v) is 3.17. The van der Waals surface area contributed by atoms with Crippen LogP contribution in [-0.2, 0) is 19.0 Å². The van der Waals surface area contributed by atoms with Crippen molar-refractivity contribution in [2.24, 2.45) is 0 Å². The molecule has 0 spiro atoms. The molecule has 0 atom stereocenters. The van der Waals surface area contributed by atoms with Crippen molar-refractivity contribution in [3.63, 3.8) is 0 Å². The highest BCUT2D eigenvalue weighted by Gasteiger charge is 2.15. The second kappa shape index (κ2) is 2.00. The first-order valence-electron chi connectivity index (χ1n) is 2.15. The zero-order valence-corrected chi connectivity index (χ0v) is 4.98. The summed E-state index contributed by atoms with van der Waals surface area (Å²) < 4.78 is 29.5. The van der Waals surface area contributed by atoms with Crippen LogP contribution in [0.3, 0.4) is 0 Å². The average molecular weight is 138 g/mol. The van der Waals surface area contributed by atoms with Crippen LogP contribution in [-0.4, -0.2) is 27.6 Å². The van der Waals surface area contributed by atoms with Crippen LogP contribution < -0.4 is 0 Å². The maximum atomic E-state index is 10.3. The summed E-state index contributed by atoms with van der Waals surface area (Å²) in [6.07, 6.45) is 0. The average Bonchev–Trinajstić information content (AvgIpc) is 1.65. The van der Waals surface area contributed by atoms with Gasteiger partial charge in [0.15, 0.2) is 6.79 Å². The molecule has 0 amide bonds. The Morgan fingerprint density at radius 3 is 2.38 bits per heavy atom. The van der Waals surface area contributed by atoms with Crippen molar-refractivity contribution >= 4 is 10.1 Å². The third-order valence-corrected chi connectivity index (χ3v) is 1.91. The van der Waals surface area contributed by atoms with E-state index in [0.717, 1.165) is 0 Å². The predicted octanol–water partition coefficient (Wildman–Crippen LogP) is -0.679. The standard InChI is InChI=1S/C3H6O4S/c4-8(5)2-1-6-3-7-8/h1-3H2. The molecule has 1 fully saturated rings. The second-order valence-electron chi connectivity index (χ2n) is 1.41. The summed E-state index contributed by atoms with van der Waals surface area (Å²) in [7, 11) is -3.21. The van der Waals surface area contributed by atoms with Crippen molar-refractivity contribution in [3.8, 4) is 0 Å². The molecule has 5 heteroatoms. The van der Waals surface area contributed by atoms with Crippen LogP contribution >= 0.6 is 0 Å². The highest BCUT2D eigenvalue weighted by atomic mass is 32.2. The molecule has 0 aromatic rings. The number of hydrogen-bond donors (Lipinski definition) is 0. The Balaban J connectivity index is 2.58. The molecule has 0 bridgehead atoms. The van der Waals surface area contributed by atoms with E-state index in [1.807, 2.05) is 0 Å². The summed E-state index contributed by atoms with van der Waals surface area (Å²) in [4.78, 5) is 0. The summed E-state index contributed by atoms with van der Waals surface area (Å²) in [5.74, 6) is -0.0208. The fourth-order valence-electron chi connectivity index (χ4n) is 0.386. The molecule has 0 unspecified atom stereocenters. The van der Waals surface area contributed by atoms with E-state index in [-0.39, 0.29) is 19.2 Å². The highest BCUT2D eigenvalue weighted by molar-refractivity contribution is 7.86. The van der Waals surface area contributed by atoms with Crippen molar-refractivity contribution in [3.05, 3.63) is 0 Å². The van der Waals surface area contributed by atoms with Gasteiger partial charge in [0.1, 0.15) is 0 Å². The van der Waals surface area contributed by atoms with Crippen molar-refractivity contribution in [1.82, 2.24) is 0 Å². The van der Waals surface area contributed by atoms with Gasteiger partial charge < -0.3 is 4.74 Å². The Bertz CT molecular complexity index is 146. The molecule has 1 heterocycles. The van der Waals surface area contributed by atoms with Gasteiger partial charge in [-0.25, -0.2) is 4.18 Å². The van der Waals surface area contributed by atoms with Gasteiger partial charge in [-0.1, -0.05) is 0 Å². The summed E-state index contributed by atoms with van der Waals surface area (Å²) in [5, 5.41) is 0. The molecule has 0 radical (unpaired) electrons. The summed E-state index contributed by atoms with van der Waals surface area (Å²) in [5.41, 5.74) is 0. The zero-order valence-electron chi connectivity index (χ0n) is 4.16. The lowest BCUT2D eigenvalue weighted by atomic mass is 10.9. The smallest absolute Gasteiger partial charge is 0.271 e. The lowest BCUT2D eigenvalue weighted by Gasteiger charge is -2.10. The van der Waals surface area contributed by atoms with Crippen LogP contribution in [0.2, 0.25) is 0 Å². The van der Waals surface area contributed by atoms with Crippen LogP contribution in [0.5, 0.6) is 0 Å². The Hall–Kier alpha value is -0.130. The summed E-state index contributed by atoms with van der Waals surface area (Å²) in [6.45, 7) is 0.130. The largest absolute Gasteiger partial charge is 0.353 e. The van der Waals surface area contributed by atoms with E-state index in [1.54, 1.807) is 0 Å². The van der Waals surface area contributed by atoms with Gasteiger partial charge in [-0.2, -0.15) is 8.42 Å². The van der Waals surface area contributed by atoms with Crippen LogP contribution in [0.1, 0.15) is 0 Å². The Labute approximate surface area is 47.5 Å². The normalized spacial score (nSPS) is 27.5. The molecule has 4 nitrogen and oxygen atoms in total. The highest BCUT2D eigenvalue weighted by Crippen LogP contribution is 1.99. The van der Waals surface area contributed by atoms with Gasteiger partial charge in [0, 0.05) is 0 Å². The van der Waals surface area contributed by atoms with Crippen LogP contribution in [0.15, 0.2) is 0 Å². The van der Waals surface area contributed by atoms with E-state index in [4.69, 9.17) is 0 Å². The van der Waals surface area contributed by atoms with Crippen molar-refractivity contribution < 1.29 is 17.3 Å². The van der Waals surface area contributed by atoms with Crippen LogP contribution in [0.25, 0.3) is 0 Å². The third kappa shape index (κ3) is 1.43. The molecule has 0 saturated carbocycles. The van der Waals surface area contributed by atoms with Gasteiger partial charge in [-0.05, 0) is 0 Å². The molecule has 0 aromatic carbocycles. The lowest BCUT2D eigenvalue weighted by molar-refractivity contribution is 0.0101. The molecule has 1 saturated heterocycles. The van der Waals surface area contributed by atoms with Gasteiger partial charge >= 0.3 is 0 Å². The first kappa shape index (κ1) is 6.00. The lowest BCUT2D eigenvalue weighted by Crippen LogP contribution is -2.23. The Kier molecular flexibility index (Phi) is 1.50. The summed E-state index contributed by atoms with van der Waals surface area (Å²) >= 11 is 0. The van der Waals surface area contributed by atoms with E-state index in [0.29, 0.717) is 0 Å². The molecule has 0 aliphatic carbocycles. The van der Waals surface area contributed by atoms with Crippen LogP contribution in [0.4, 0.5) is 0 Å². The number of ether oxygens (including phenoxy) is 1. The van der Waals surface area contributed by atoms with Crippen LogP contribution in [0, 0.1) is 0 Å². The molecule has 1 rings (SSSR count). The SMILES string of the molecule is O=S1(=O)CCOCO1. The first-order chi connectivity index (χ1) is 3.71. The van der Waals surface area contributed by atoms with Crippen molar-refractivity contribution in [2.45, 2.75) is 0 Å². The summed E-state index contributed by atoms with van der Waals surface area (Å²) in [6, 6.07) is 0. The van der Waals surface area contributed by atoms with E-state index in [2.05, 4.69) is 8.92 Å². The topological polar surface area (TPSA) is 52.6 Å². The molecule has 48 valence electrons. The van der Waals surface area contributed by atoms with Gasteiger partial charge in [-0.15, -0.1) is 0 Å². The molecule has 1 aliphatic heterocycles. The van der Waals surface area contributed by atoms with Crippen molar-refractivity contribution in [2.75, 3.05) is 19.2 Å². The maximum absolute atomic E-state index is 10.3. The van der Waals surface area contributed by atoms with Gasteiger partial charge in [-0.3, -0.25) is 0 Å². The zero-order chi connectivity index (χ0) is 6.04. The number of rotatable bonds is 0. The van der Waals surface area contributed by atoms with Crippen molar-refractivity contribution in [1.29, 1.82) is 0 Å². The quantitative estimate of drug-likeness (QED) is 0.416. The fourth-order valence-corrected chi connectivity index (χ4v) is 1.04. The monoisotopic (exact) mass is 138 g/mol. The molecular formula is C3H6O4S. The maximum Gasteiger partial charge on any atom is 0.271 e. The third-order valence-electron chi connectivity index (χ3n) is 0.789. The number of hydrogen-bond acceptors (Lipinski definition) is 4. The Morgan fingerprint density at radius 1 is 1.38 bits per heavy atom. The van der Waals surface area contributed by atoms with E-state index in [9.17, 15) is 8.42 Å². The molecule has 1 aliphatic rings. The Morgan fingerprint density at radius 2 is 2.12 bits per heavy atom. The van der Waals surface area contributed by atoms with E-state index in [1.165, 1.54) is 0 Å². The van der Waals surface area contributed by atoms with E-state index < -0.39 is 10.1 Å². The minimum Gasteiger partial charge on any atom is -0.353 e. The van der Waals surface area contributed by atoms with Gasteiger partial charge in [0.2, 0.25) is 0 Å². The molecule has 0 N–H and O–H groups in total. The van der Waals surface area contributed by atoms with Gasteiger partial charge in [0.05, 0.1) is 12.4 Å². The predicted molar refractivity (Wildman–Crippen MR) is 25.7 cm³/mol. The molecule has 0 aromatic heterocycles. The van der Waals surface area contributed by atoms with Gasteiger partial charge in [0.25, 0.3) is 10.1 Å².